The van der Waals surface area contributed by atoms with Crippen molar-refractivity contribution in [3.05, 3.63) is 35.5 Å². The van der Waals surface area contributed by atoms with Gasteiger partial charge in [-0.05, 0) is 12.8 Å². The number of nitrogens with zero attached hydrogens (tertiary/aromatic N) is 6. The number of carbonyl (C=O) groups excluding carboxylic acids is 2. The third kappa shape index (κ3) is 5.85. The first kappa shape index (κ1) is 23.1. The lowest BCUT2D eigenvalue weighted by atomic mass is 10.1. The van der Waals surface area contributed by atoms with E-state index in [1.165, 1.54) is 17.6 Å². The van der Waals surface area contributed by atoms with Gasteiger partial charge < -0.3 is 20.6 Å². The van der Waals surface area contributed by atoms with Crippen LogP contribution in [0, 0.1) is 0 Å². The molecule has 2 aliphatic heterocycles. The lowest BCUT2D eigenvalue weighted by Gasteiger charge is -2.31. The normalized spacial score (nSPS) is 18.0. The second-order valence-electron chi connectivity index (χ2n) is 8.80. The molecule has 0 aliphatic carbocycles. The van der Waals surface area contributed by atoms with Crippen molar-refractivity contribution in [2.45, 2.75) is 44.9 Å². The maximum Gasteiger partial charge on any atom is 0.270 e. The maximum absolute atomic E-state index is 12.6. The molecule has 1 saturated heterocycles. The van der Waals surface area contributed by atoms with Crippen LogP contribution in [0.15, 0.2) is 18.6 Å². The zero-order valence-electron chi connectivity index (χ0n) is 19.2. The van der Waals surface area contributed by atoms with Crippen molar-refractivity contribution in [2.24, 2.45) is 7.05 Å². The number of nitrogens with one attached hydrogen (secondary N) is 2. The molecule has 3 N–H and O–H groups in total. The van der Waals surface area contributed by atoms with Crippen LogP contribution in [0.25, 0.3) is 0 Å². The molecule has 11 heteroatoms. The summed E-state index contributed by atoms with van der Waals surface area (Å²) in [6.45, 7) is 5.23. The Morgan fingerprint density at radius 2 is 2.03 bits per heavy atom. The summed E-state index contributed by atoms with van der Waals surface area (Å²) in [6, 6.07) is 1.81. The molecule has 0 unspecified atom stereocenters. The van der Waals surface area contributed by atoms with Gasteiger partial charge in [-0.1, -0.05) is 0 Å². The highest BCUT2D eigenvalue weighted by Crippen LogP contribution is 2.18. The Bertz CT molecular complexity index is 986. The van der Waals surface area contributed by atoms with Crippen molar-refractivity contribution in [2.75, 3.05) is 38.0 Å². The van der Waals surface area contributed by atoms with Crippen LogP contribution in [0.5, 0.6) is 0 Å². The topological polar surface area (TPSA) is 129 Å². The largest absolute Gasteiger partial charge is 0.390 e. The molecule has 0 aromatic carbocycles. The fraction of sp³-hybridized carbons (Fsp3) is 0.591. The summed E-state index contributed by atoms with van der Waals surface area (Å²) in [5, 5.41) is 20.8. The van der Waals surface area contributed by atoms with Gasteiger partial charge in [0, 0.05) is 83.0 Å². The van der Waals surface area contributed by atoms with Gasteiger partial charge in [-0.15, -0.1) is 0 Å². The van der Waals surface area contributed by atoms with Gasteiger partial charge >= 0.3 is 0 Å². The second kappa shape index (κ2) is 10.3. The number of aliphatic hydroxyl groups excluding tert-OH is 1. The fourth-order valence-electron chi connectivity index (χ4n) is 4.47. The first-order valence-electron chi connectivity index (χ1n) is 11.4. The molecule has 2 amide bonds. The third-order valence-corrected chi connectivity index (χ3v) is 6.37. The summed E-state index contributed by atoms with van der Waals surface area (Å²) >= 11 is 0. The molecular weight excluding hydrogens is 424 g/mol. The van der Waals surface area contributed by atoms with E-state index in [2.05, 4.69) is 30.6 Å². The molecule has 1 atom stereocenters. The van der Waals surface area contributed by atoms with Gasteiger partial charge in [0.25, 0.3) is 5.91 Å². The molecule has 11 nitrogen and oxygen atoms in total. The molecule has 0 saturated carbocycles. The lowest BCUT2D eigenvalue weighted by molar-refractivity contribution is -0.129. The Morgan fingerprint density at radius 1 is 1.24 bits per heavy atom. The molecule has 4 rings (SSSR count). The Hall–Kier alpha value is -3.05. The maximum atomic E-state index is 12.6. The minimum absolute atomic E-state index is 0.0961. The molecule has 178 valence electrons. The number of hydrogen-bond acceptors (Lipinski definition) is 8. The Labute approximate surface area is 193 Å². The van der Waals surface area contributed by atoms with E-state index in [0.29, 0.717) is 25.5 Å². The standard InChI is InChI=1S/C22H32N8O3/c1-15(31)30-7-3-17(4-8-30)27-21-9-19(24-14-25-21)22(33)23-11-18(32)13-29-6-5-20-16(12-29)10-26-28(20)2/h9-10,14,17-18,32H,3-8,11-13H2,1-2H3,(H,23,33)(H,24,25,27)/t18-/m0/s1. The van der Waals surface area contributed by atoms with Crippen molar-refractivity contribution < 1.29 is 14.7 Å². The summed E-state index contributed by atoms with van der Waals surface area (Å²) in [6.07, 6.45) is 5.11. The van der Waals surface area contributed by atoms with Gasteiger partial charge in [-0.2, -0.15) is 5.10 Å². The number of hydrogen-bond donors (Lipinski definition) is 3. The van der Waals surface area contributed by atoms with Gasteiger partial charge in [0.05, 0.1) is 12.3 Å². The molecule has 1 fully saturated rings. The molecule has 0 radical (unpaired) electrons. The van der Waals surface area contributed by atoms with Crippen molar-refractivity contribution >= 4 is 17.6 Å². The second-order valence-corrected chi connectivity index (χ2v) is 8.80. The Morgan fingerprint density at radius 3 is 2.79 bits per heavy atom. The SMILES string of the molecule is CC(=O)N1CCC(Nc2cc(C(=O)NC[C@H](O)CN3CCc4c(cnn4C)C3)ncn2)CC1. The lowest BCUT2D eigenvalue weighted by Crippen LogP contribution is -2.42. The van der Waals surface area contributed by atoms with E-state index in [-0.39, 0.29) is 30.1 Å². The van der Waals surface area contributed by atoms with Crippen LogP contribution in [-0.2, 0) is 24.8 Å². The average molecular weight is 457 g/mol. The van der Waals surface area contributed by atoms with Crippen molar-refractivity contribution in [1.29, 1.82) is 0 Å². The summed E-state index contributed by atoms with van der Waals surface area (Å²) in [4.78, 5) is 36.3. The van der Waals surface area contributed by atoms with E-state index in [0.717, 1.165) is 32.4 Å². The monoisotopic (exact) mass is 456 g/mol. The van der Waals surface area contributed by atoms with Crippen LogP contribution in [-0.4, -0.2) is 91.3 Å². The molecule has 0 bridgehead atoms. The highest BCUT2D eigenvalue weighted by Gasteiger charge is 2.23. The average Bonchev–Trinajstić information content (AvgIpc) is 3.18. The number of amides is 2. The molecule has 2 aromatic rings. The third-order valence-electron chi connectivity index (χ3n) is 6.37. The number of β-amino-alcohol motifs (C(OH)–C–C–N with tert-alkyl or cyclic N) is 1. The Kier molecular flexibility index (Phi) is 7.19. The molecule has 33 heavy (non-hydrogen) atoms. The fourth-order valence-corrected chi connectivity index (χ4v) is 4.47. The van der Waals surface area contributed by atoms with Crippen LogP contribution in [0.4, 0.5) is 5.82 Å². The highest BCUT2D eigenvalue weighted by atomic mass is 16.3. The number of aliphatic hydroxyl groups is 1. The quantitative estimate of drug-likeness (QED) is 0.522. The van der Waals surface area contributed by atoms with E-state index < -0.39 is 6.10 Å². The zero-order valence-corrected chi connectivity index (χ0v) is 19.2. The van der Waals surface area contributed by atoms with Crippen LogP contribution in [0.1, 0.15) is 41.5 Å². The minimum atomic E-state index is -0.682. The van der Waals surface area contributed by atoms with Gasteiger partial charge in [-0.25, -0.2) is 9.97 Å². The van der Waals surface area contributed by atoms with Crippen molar-refractivity contribution in [1.82, 2.24) is 34.9 Å². The summed E-state index contributed by atoms with van der Waals surface area (Å²) < 4.78 is 1.91. The van der Waals surface area contributed by atoms with Crippen LogP contribution in [0.3, 0.4) is 0 Å². The molecule has 0 spiro atoms. The first-order chi connectivity index (χ1) is 15.9. The highest BCUT2D eigenvalue weighted by molar-refractivity contribution is 5.92. The van der Waals surface area contributed by atoms with E-state index in [4.69, 9.17) is 0 Å². The van der Waals surface area contributed by atoms with Gasteiger partial charge in [-0.3, -0.25) is 19.2 Å². The van der Waals surface area contributed by atoms with E-state index in [1.807, 2.05) is 22.8 Å². The number of aromatic nitrogens is 4. The predicted octanol–water partition coefficient (Wildman–Crippen LogP) is -0.218. The summed E-state index contributed by atoms with van der Waals surface area (Å²) in [5.41, 5.74) is 2.68. The summed E-state index contributed by atoms with van der Waals surface area (Å²) in [7, 11) is 1.95. The number of rotatable bonds is 7. The van der Waals surface area contributed by atoms with E-state index in [9.17, 15) is 14.7 Å². The predicted molar refractivity (Wildman–Crippen MR) is 121 cm³/mol. The van der Waals surface area contributed by atoms with Crippen molar-refractivity contribution in [3.8, 4) is 0 Å². The molecule has 4 heterocycles. The number of aryl methyl sites for hydroxylation is 1. The van der Waals surface area contributed by atoms with Gasteiger partial charge in [0.15, 0.2) is 0 Å². The summed E-state index contributed by atoms with van der Waals surface area (Å²) in [5.74, 6) is 0.329. The van der Waals surface area contributed by atoms with Crippen LogP contribution in [0.2, 0.25) is 0 Å². The van der Waals surface area contributed by atoms with Crippen molar-refractivity contribution in [3.63, 3.8) is 0 Å². The molecule has 2 aliphatic rings. The number of likely N-dealkylation sites (tertiary alicyclic amines) is 1. The van der Waals surface area contributed by atoms with Crippen LogP contribution >= 0.6 is 0 Å². The smallest absolute Gasteiger partial charge is 0.270 e. The Balaban J connectivity index is 1.23. The number of carbonyl (C=O) groups is 2. The number of anilines is 1. The first-order valence-corrected chi connectivity index (χ1v) is 11.4. The van der Waals surface area contributed by atoms with E-state index >= 15 is 0 Å². The minimum Gasteiger partial charge on any atom is -0.390 e. The van der Waals surface area contributed by atoms with E-state index in [1.54, 1.807) is 13.0 Å². The van der Waals surface area contributed by atoms with Gasteiger partial charge in [0.1, 0.15) is 17.8 Å². The zero-order chi connectivity index (χ0) is 23.4. The molecule has 2 aromatic heterocycles. The number of piperidine rings is 1. The van der Waals surface area contributed by atoms with Crippen LogP contribution < -0.4 is 10.6 Å². The molecular formula is C22H32N8O3. The van der Waals surface area contributed by atoms with Gasteiger partial charge in [0.2, 0.25) is 5.91 Å². The number of fused-ring (bicyclic) bond motifs is 1.